The second-order valence-corrected chi connectivity index (χ2v) is 5.96. The molecule has 1 amide bonds. The van der Waals surface area contributed by atoms with E-state index in [0.717, 1.165) is 25.7 Å². The second kappa shape index (κ2) is 7.74. The molecule has 1 aromatic heterocycles. The topological polar surface area (TPSA) is 93.2 Å². The summed E-state index contributed by atoms with van der Waals surface area (Å²) in [6.45, 7) is 0. The van der Waals surface area contributed by atoms with Crippen LogP contribution in [0, 0.1) is 0 Å². The summed E-state index contributed by atoms with van der Waals surface area (Å²) in [5.41, 5.74) is 1.41. The summed E-state index contributed by atoms with van der Waals surface area (Å²) in [7, 11) is 1.34. The standard InChI is InChI=1S/C18H20N4O3/c1-25-18(24)12-5-4-8-14(11-12)19-16-10-9-15(21-22-16)17(23)20-13-6-2-3-7-13/h4-5,8-11,13H,2-3,6-7H2,1H3,(H,19,22)(H,20,23). The second-order valence-electron chi connectivity index (χ2n) is 5.96. The van der Waals surface area contributed by atoms with Gasteiger partial charge in [-0.25, -0.2) is 4.79 Å². The molecule has 1 aliphatic carbocycles. The van der Waals surface area contributed by atoms with Crippen molar-refractivity contribution in [2.45, 2.75) is 31.7 Å². The highest BCUT2D eigenvalue weighted by Gasteiger charge is 2.18. The first-order valence-electron chi connectivity index (χ1n) is 8.26. The summed E-state index contributed by atoms with van der Waals surface area (Å²) in [5.74, 6) is -0.119. The fourth-order valence-electron chi connectivity index (χ4n) is 2.84. The Morgan fingerprint density at radius 1 is 1.12 bits per heavy atom. The minimum atomic E-state index is -0.409. The molecule has 2 N–H and O–H groups in total. The fraction of sp³-hybridized carbons (Fsp3) is 0.333. The van der Waals surface area contributed by atoms with Gasteiger partial charge in [-0.05, 0) is 43.2 Å². The molecule has 7 nitrogen and oxygen atoms in total. The van der Waals surface area contributed by atoms with Gasteiger partial charge in [-0.2, -0.15) is 0 Å². The van der Waals surface area contributed by atoms with E-state index < -0.39 is 5.97 Å². The molecule has 0 bridgehead atoms. The highest BCUT2D eigenvalue weighted by atomic mass is 16.5. The normalized spacial score (nSPS) is 14.1. The maximum atomic E-state index is 12.1. The summed E-state index contributed by atoms with van der Waals surface area (Å²) in [5, 5.41) is 14.0. The quantitative estimate of drug-likeness (QED) is 0.813. The van der Waals surface area contributed by atoms with Crippen LogP contribution in [0.5, 0.6) is 0 Å². The van der Waals surface area contributed by atoms with Crippen LogP contribution in [-0.2, 0) is 4.74 Å². The first-order chi connectivity index (χ1) is 12.2. The lowest BCUT2D eigenvalue weighted by atomic mass is 10.2. The highest BCUT2D eigenvalue weighted by molar-refractivity contribution is 5.92. The first kappa shape index (κ1) is 16.9. The van der Waals surface area contributed by atoms with Crippen LogP contribution in [0.3, 0.4) is 0 Å². The van der Waals surface area contributed by atoms with Crippen molar-refractivity contribution in [1.82, 2.24) is 15.5 Å². The number of ether oxygens (including phenoxy) is 1. The average Bonchev–Trinajstić information content (AvgIpc) is 3.15. The third-order valence-corrected chi connectivity index (χ3v) is 4.14. The number of nitrogens with zero attached hydrogens (tertiary/aromatic N) is 2. The van der Waals surface area contributed by atoms with E-state index >= 15 is 0 Å². The van der Waals surface area contributed by atoms with Crippen molar-refractivity contribution >= 4 is 23.4 Å². The zero-order valence-electron chi connectivity index (χ0n) is 14.0. The van der Waals surface area contributed by atoms with E-state index in [1.54, 1.807) is 36.4 Å². The molecule has 1 aromatic carbocycles. The number of esters is 1. The van der Waals surface area contributed by atoms with E-state index in [2.05, 4.69) is 20.8 Å². The molecular formula is C18H20N4O3. The van der Waals surface area contributed by atoms with Gasteiger partial charge in [-0.3, -0.25) is 4.79 Å². The van der Waals surface area contributed by atoms with Crippen LogP contribution in [0.1, 0.15) is 46.5 Å². The third kappa shape index (κ3) is 4.32. The molecule has 1 fully saturated rings. The van der Waals surface area contributed by atoms with E-state index in [0.29, 0.717) is 22.8 Å². The molecule has 7 heteroatoms. The Balaban J connectivity index is 1.64. The van der Waals surface area contributed by atoms with E-state index in [1.807, 2.05) is 0 Å². The number of hydrogen-bond donors (Lipinski definition) is 2. The predicted octanol–water partition coefficient (Wildman–Crippen LogP) is 2.68. The smallest absolute Gasteiger partial charge is 0.337 e. The van der Waals surface area contributed by atoms with Crippen molar-refractivity contribution in [2.75, 3.05) is 12.4 Å². The minimum Gasteiger partial charge on any atom is -0.465 e. The molecule has 0 radical (unpaired) electrons. The summed E-state index contributed by atoms with van der Waals surface area (Å²) < 4.78 is 4.70. The molecular weight excluding hydrogens is 320 g/mol. The van der Waals surface area contributed by atoms with E-state index in [9.17, 15) is 9.59 Å². The zero-order chi connectivity index (χ0) is 17.6. The van der Waals surface area contributed by atoms with Crippen molar-refractivity contribution in [1.29, 1.82) is 0 Å². The molecule has 3 rings (SSSR count). The number of nitrogens with one attached hydrogen (secondary N) is 2. The number of hydrogen-bond acceptors (Lipinski definition) is 6. The molecule has 130 valence electrons. The van der Waals surface area contributed by atoms with Crippen molar-refractivity contribution in [3.63, 3.8) is 0 Å². The summed E-state index contributed by atoms with van der Waals surface area (Å²) >= 11 is 0. The number of aromatic nitrogens is 2. The minimum absolute atomic E-state index is 0.196. The third-order valence-electron chi connectivity index (χ3n) is 4.14. The Bertz CT molecular complexity index is 755. The summed E-state index contributed by atoms with van der Waals surface area (Å²) in [6.07, 6.45) is 4.36. The lowest BCUT2D eigenvalue weighted by Gasteiger charge is -2.11. The van der Waals surface area contributed by atoms with Crippen molar-refractivity contribution in [3.8, 4) is 0 Å². The maximum Gasteiger partial charge on any atom is 0.337 e. The van der Waals surface area contributed by atoms with Crippen molar-refractivity contribution < 1.29 is 14.3 Å². The Kier molecular flexibility index (Phi) is 5.23. The maximum absolute atomic E-state index is 12.1. The fourth-order valence-corrected chi connectivity index (χ4v) is 2.84. The number of carbonyl (C=O) groups excluding carboxylic acids is 2. The Morgan fingerprint density at radius 3 is 2.60 bits per heavy atom. The van der Waals surface area contributed by atoms with E-state index in [4.69, 9.17) is 4.74 Å². The highest BCUT2D eigenvalue weighted by Crippen LogP contribution is 2.19. The Morgan fingerprint density at radius 2 is 1.92 bits per heavy atom. The van der Waals surface area contributed by atoms with Crippen LogP contribution in [-0.4, -0.2) is 35.2 Å². The largest absolute Gasteiger partial charge is 0.465 e. The van der Waals surface area contributed by atoms with Gasteiger partial charge >= 0.3 is 5.97 Å². The van der Waals surface area contributed by atoms with Crippen LogP contribution >= 0.6 is 0 Å². The van der Waals surface area contributed by atoms with Gasteiger partial charge in [0.15, 0.2) is 11.5 Å². The van der Waals surface area contributed by atoms with Gasteiger partial charge in [0.05, 0.1) is 12.7 Å². The number of benzene rings is 1. The molecule has 0 unspecified atom stereocenters. The molecule has 25 heavy (non-hydrogen) atoms. The molecule has 0 aliphatic heterocycles. The van der Waals surface area contributed by atoms with Gasteiger partial charge in [0, 0.05) is 11.7 Å². The van der Waals surface area contributed by atoms with E-state index in [1.165, 1.54) is 7.11 Å². The monoisotopic (exact) mass is 340 g/mol. The number of methoxy groups -OCH3 is 1. The van der Waals surface area contributed by atoms with Gasteiger partial charge in [0.25, 0.3) is 5.91 Å². The van der Waals surface area contributed by atoms with Gasteiger partial charge < -0.3 is 15.4 Å². The number of rotatable bonds is 5. The average molecular weight is 340 g/mol. The van der Waals surface area contributed by atoms with Crippen molar-refractivity contribution in [3.05, 3.63) is 47.7 Å². The Hall–Kier alpha value is -2.96. The summed E-state index contributed by atoms with van der Waals surface area (Å²) in [4.78, 5) is 23.7. The molecule has 1 heterocycles. The van der Waals surface area contributed by atoms with Gasteiger partial charge in [-0.15, -0.1) is 10.2 Å². The molecule has 1 saturated carbocycles. The van der Waals surface area contributed by atoms with Crippen molar-refractivity contribution in [2.24, 2.45) is 0 Å². The van der Waals surface area contributed by atoms with Gasteiger partial charge in [0.2, 0.25) is 0 Å². The van der Waals surface area contributed by atoms with Gasteiger partial charge in [-0.1, -0.05) is 18.9 Å². The summed E-state index contributed by atoms with van der Waals surface area (Å²) in [6, 6.07) is 10.4. The van der Waals surface area contributed by atoms with Crippen LogP contribution in [0.2, 0.25) is 0 Å². The molecule has 0 atom stereocenters. The zero-order valence-corrected chi connectivity index (χ0v) is 14.0. The van der Waals surface area contributed by atoms with Crippen LogP contribution in [0.15, 0.2) is 36.4 Å². The van der Waals surface area contributed by atoms with Crippen LogP contribution in [0.4, 0.5) is 11.5 Å². The molecule has 2 aromatic rings. The Labute approximate surface area is 145 Å². The van der Waals surface area contributed by atoms with E-state index in [-0.39, 0.29) is 11.9 Å². The van der Waals surface area contributed by atoms with Crippen LogP contribution in [0.25, 0.3) is 0 Å². The van der Waals surface area contributed by atoms with Crippen LogP contribution < -0.4 is 10.6 Å². The number of amides is 1. The molecule has 0 saturated heterocycles. The predicted molar refractivity (Wildman–Crippen MR) is 92.8 cm³/mol. The SMILES string of the molecule is COC(=O)c1cccc(Nc2ccc(C(=O)NC3CCCC3)nn2)c1. The first-order valence-corrected chi connectivity index (χ1v) is 8.26. The molecule has 0 spiro atoms. The lowest BCUT2D eigenvalue weighted by Crippen LogP contribution is -2.33. The lowest BCUT2D eigenvalue weighted by molar-refractivity contribution is 0.0600. The molecule has 1 aliphatic rings. The van der Waals surface area contributed by atoms with Gasteiger partial charge in [0.1, 0.15) is 0 Å². The number of anilines is 2. The number of carbonyl (C=O) groups is 2.